The topological polar surface area (TPSA) is 71.3 Å². The van der Waals surface area contributed by atoms with Crippen molar-refractivity contribution in [2.24, 2.45) is 0 Å². The van der Waals surface area contributed by atoms with Crippen molar-refractivity contribution in [1.29, 1.82) is 0 Å². The highest BCUT2D eigenvalue weighted by molar-refractivity contribution is 5.82. The fourth-order valence-electron chi connectivity index (χ4n) is 2.26. The molecule has 2 heterocycles. The van der Waals surface area contributed by atoms with Gasteiger partial charge in [0, 0.05) is 25.6 Å². The molecule has 2 rings (SSSR count). The van der Waals surface area contributed by atoms with Gasteiger partial charge in [-0.15, -0.1) is 0 Å². The monoisotopic (exact) mass is 252 g/mol. The largest absolute Gasteiger partial charge is 0.341 e. The van der Waals surface area contributed by atoms with Crippen LogP contribution in [-0.2, 0) is 11.2 Å². The number of piperidine rings is 1. The van der Waals surface area contributed by atoms with Gasteiger partial charge < -0.3 is 14.7 Å². The fourth-order valence-corrected chi connectivity index (χ4v) is 2.26. The molecule has 1 N–H and O–H groups in total. The van der Waals surface area contributed by atoms with E-state index >= 15 is 0 Å². The molecule has 0 aromatic carbocycles. The van der Waals surface area contributed by atoms with E-state index in [-0.39, 0.29) is 11.9 Å². The minimum atomic E-state index is -0.0403. The van der Waals surface area contributed by atoms with Crippen molar-refractivity contribution in [3.63, 3.8) is 0 Å². The molecule has 0 radical (unpaired) electrons. The number of likely N-dealkylation sites (tertiary alicyclic amines) is 1. The molecular formula is C12H20N4O2. The van der Waals surface area contributed by atoms with E-state index in [1.807, 2.05) is 4.90 Å². The molecule has 1 aromatic heterocycles. The Hall–Kier alpha value is -1.43. The van der Waals surface area contributed by atoms with E-state index in [1.54, 1.807) is 0 Å². The summed E-state index contributed by atoms with van der Waals surface area (Å²) in [5.41, 5.74) is 0. The fraction of sp³-hybridized carbons (Fsp3) is 0.750. The van der Waals surface area contributed by atoms with Crippen molar-refractivity contribution in [2.45, 2.75) is 45.2 Å². The number of amides is 1. The van der Waals surface area contributed by atoms with E-state index in [9.17, 15) is 4.79 Å². The zero-order chi connectivity index (χ0) is 13.0. The van der Waals surface area contributed by atoms with Gasteiger partial charge in [0.15, 0.2) is 6.33 Å². The average molecular weight is 252 g/mol. The number of carbonyl (C=O) groups excluding carboxylic acids is 1. The standard InChI is InChI=1S/C12H20N4O2/c1-9(2)15-10-4-3-6-16(12(10)17)7-5-11-13-8-14-18-11/h8-10,15H,3-7H2,1-2H3. The van der Waals surface area contributed by atoms with E-state index in [0.29, 0.717) is 24.9 Å². The first-order valence-electron chi connectivity index (χ1n) is 6.47. The summed E-state index contributed by atoms with van der Waals surface area (Å²) in [6.45, 7) is 5.59. The maximum Gasteiger partial charge on any atom is 0.239 e. The first-order chi connectivity index (χ1) is 8.66. The van der Waals surface area contributed by atoms with Crippen LogP contribution in [0.3, 0.4) is 0 Å². The highest BCUT2D eigenvalue weighted by Gasteiger charge is 2.28. The Morgan fingerprint density at radius 1 is 1.61 bits per heavy atom. The minimum absolute atomic E-state index is 0.0403. The Morgan fingerprint density at radius 2 is 2.44 bits per heavy atom. The van der Waals surface area contributed by atoms with Crippen molar-refractivity contribution in [3.05, 3.63) is 12.2 Å². The molecule has 6 nitrogen and oxygen atoms in total. The number of hydrogen-bond donors (Lipinski definition) is 1. The van der Waals surface area contributed by atoms with Gasteiger partial charge in [-0.25, -0.2) is 0 Å². The summed E-state index contributed by atoms with van der Waals surface area (Å²) in [5.74, 6) is 0.774. The lowest BCUT2D eigenvalue weighted by atomic mass is 10.0. The molecule has 1 atom stereocenters. The molecule has 0 saturated carbocycles. The summed E-state index contributed by atoms with van der Waals surface area (Å²) in [7, 11) is 0. The zero-order valence-corrected chi connectivity index (χ0v) is 10.9. The number of nitrogens with zero attached hydrogens (tertiary/aromatic N) is 3. The van der Waals surface area contributed by atoms with E-state index in [4.69, 9.17) is 4.52 Å². The van der Waals surface area contributed by atoms with Crippen LogP contribution >= 0.6 is 0 Å². The van der Waals surface area contributed by atoms with Crippen LogP contribution in [0, 0.1) is 0 Å². The van der Waals surface area contributed by atoms with Crippen LogP contribution in [-0.4, -0.2) is 46.1 Å². The molecule has 6 heteroatoms. The molecule has 0 aliphatic carbocycles. The number of carbonyl (C=O) groups is 1. The predicted octanol–water partition coefficient (Wildman–Crippen LogP) is 0.601. The zero-order valence-electron chi connectivity index (χ0n) is 10.9. The molecule has 100 valence electrons. The summed E-state index contributed by atoms with van der Waals surface area (Å²) in [5, 5.41) is 6.87. The summed E-state index contributed by atoms with van der Waals surface area (Å²) in [4.78, 5) is 18.1. The van der Waals surface area contributed by atoms with Crippen LogP contribution in [0.15, 0.2) is 10.9 Å². The Morgan fingerprint density at radius 3 is 3.11 bits per heavy atom. The molecule has 1 unspecified atom stereocenters. The van der Waals surface area contributed by atoms with E-state index in [1.165, 1.54) is 6.33 Å². The Kier molecular flexibility index (Phi) is 4.30. The average Bonchev–Trinajstić information content (AvgIpc) is 2.83. The van der Waals surface area contributed by atoms with Crippen LogP contribution in [0.5, 0.6) is 0 Å². The Bertz CT molecular complexity index is 377. The van der Waals surface area contributed by atoms with Crippen molar-refractivity contribution >= 4 is 5.91 Å². The van der Waals surface area contributed by atoms with Crippen molar-refractivity contribution in [2.75, 3.05) is 13.1 Å². The van der Waals surface area contributed by atoms with Crippen molar-refractivity contribution in [1.82, 2.24) is 20.4 Å². The third-order valence-corrected chi connectivity index (χ3v) is 3.07. The van der Waals surface area contributed by atoms with Gasteiger partial charge in [-0.2, -0.15) is 4.98 Å². The van der Waals surface area contributed by atoms with Gasteiger partial charge >= 0.3 is 0 Å². The number of rotatable bonds is 5. The van der Waals surface area contributed by atoms with E-state index in [2.05, 4.69) is 29.3 Å². The van der Waals surface area contributed by atoms with Gasteiger partial charge in [0.2, 0.25) is 11.8 Å². The maximum absolute atomic E-state index is 12.2. The SMILES string of the molecule is CC(C)NC1CCCN(CCc2ncno2)C1=O. The highest BCUT2D eigenvalue weighted by atomic mass is 16.5. The lowest BCUT2D eigenvalue weighted by molar-refractivity contribution is -0.136. The summed E-state index contributed by atoms with van der Waals surface area (Å²) in [6.07, 6.45) is 3.98. The third kappa shape index (κ3) is 3.29. The van der Waals surface area contributed by atoms with Crippen LogP contribution in [0.1, 0.15) is 32.6 Å². The van der Waals surface area contributed by atoms with Crippen molar-refractivity contribution < 1.29 is 9.32 Å². The normalized spacial score (nSPS) is 20.7. The van der Waals surface area contributed by atoms with Gasteiger partial charge in [-0.05, 0) is 12.8 Å². The second-order valence-electron chi connectivity index (χ2n) is 4.93. The minimum Gasteiger partial charge on any atom is -0.341 e. The summed E-state index contributed by atoms with van der Waals surface area (Å²) >= 11 is 0. The molecule has 1 amide bonds. The first kappa shape index (κ1) is 13.0. The van der Waals surface area contributed by atoms with Crippen molar-refractivity contribution in [3.8, 4) is 0 Å². The lowest BCUT2D eigenvalue weighted by Crippen LogP contribution is -2.52. The quantitative estimate of drug-likeness (QED) is 0.831. The second kappa shape index (κ2) is 5.95. The summed E-state index contributed by atoms with van der Waals surface area (Å²) < 4.78 is 4.94. The molecule has 0 bridgehead atoms. The Balaban J connectivity index is 1.86. The smallest absolute Gasteiger partial charge is 0.239 e. The third-order valence-electron chi connectivity index (χ3n) is 3.07. The van der Waals surface area contributed by atoms with E-state index in [0.717, 1.165) is 19.4 Å². The number of aromatic nitrogens is 2. The van der Waals surface area contributed by atoms with Gasteiger partial charge in [-0.1, -0.05) is 19.0 Å². The number of hydrogen-bond acceptors (Lipinski definition) is 5. The molecular weight excluding hydrogens is 232 g/mol. The molecule has 18 heavy (non-hydrogen) atoms. The molecule has 1 aromatic rings. The van der Waals surface area contributed by atoms with Gasteiger partial charge in [-0.3, -0.25) is 4.79 Å². The molecule has 1 fully saturated rings. The molecule has 1 aliphatic heterocycles. The lowest BCUT2D eigenvalue weighted by Gasteiger charge is -2.33. The highest BCUT2D eigenvalue weighted by Crippen LogP contribution is 2.13. The number of nitrogens with one attached hydrogen (secondary N) is 1. The molecule has 1 saturated heterocycles. The van der Waals surface area contributed by atoms with Gasteiger partial charge in [0.05, 0.1) is 6.04 Å². The second-order valence-corrected chi connectivity index (χ2v) is 4.93. The van der Waals surface area contributed by atoms with Crippen LogP contribution < -0.4 is 5.32 Å². The van der Waals surface area contributed by atoms with Crippen LogP contribution in [0.4, 0.5) is 0 Å². The predicted molar refractivity (Wildman–Crippen MR) is 65.9 cm³/mol. The maximum atomic E-state index is 12.2. The van der Waals surface area contributed by atoms with Crippen LogP contribution in [0.2, 0.25) is 0 Å². The van der Waals surface area contributed by atoms with Crippen LogP contribution in [0.25, 0.3) is 0 Å². The first-order valence-corrected chi connectivity index (χ1v) is 6.47. The summed E-state index contributed by atoms with van der Waals surface area (Å²) in [6, 6.07) is 0.288. The van der Waals surface area contributed by atoms with E-state index < -0.39 is 0 Å². The molecule has 0 spiro atoms. The molecule has 1 aliphatic rings. The van der Waals surface area contributed by atoms with Gasteiger partial charge in [0.25, 0.3) is 0 Å². The van der Waals surface area contributed by atoms with Gasteiger partial charge in [0.1, 0.15) is 0 Å². The Labute approximate surface area is 107 Å².